The minimum Gasteiger partial charge on any atom is -0.352 e. The van der Waals surface area contributed by atoms with E-state index in [2.05, 4.69) is 25.8 Å². The zero-order valence-corrected chi connectivity index (χ0v) is 13.9. The lowest BCUT2D eigenvalue weighted by Gasteiger charge is -2.17. The van der Waals surface area contributed by atoms with Gasteiger partial charge in [-0.1, -0.05) is 22.5 Å². The van der Waals surface area contributed by atoms with Gasteiger partial charge in [0, 0.05) is 5.69 Å². The van der Waals surface area contributed by atoms with Crippen LogP contribution in [0.4, 0.5) is 27.6 Å². The highest BCUT2D eigenvalue weighted by Gasteiger charge is 2.34. The van der Waals surface area contributed by atoms with Gasteiger partial charge in [0.05, 0.1) is 5.56 Å². The van der Waals surface area contributed by atoms with Gasteiger partial charge in [-0.2, -0.15) is 13.2 Å². The van der Waals surface area contributed by atoms with Crippen LogP contribution in [-0.2, 0) is 6.18 Å². The molecule has 2 rings (SSSR count). The van der Waals surface area contributed by atoms with E-state index in [9.17, 15) is 22.0 Å². The molecule has 148 valence electrons. The predicted molar refractivity (Wildman–Crippen MR) is 90.0 cm³/mol. The molecule has 0 heterocycles. The third kappa shape index (κ3) is 5.03. The summed E-state index contributed by atoms with van der Waals surface area (Å²) < 4.78 is 66.9. The zero-order chi connectivity index (χ0) is 20.9. The molecule has 0 bridgehead atoms. The fourth-order valence-electron chi connectivity index (χ4n) is 2.24. The molecule has 0 aliphatic rings. The Hall–Kier alpha value is -3.48. The quantitative estimate of drug-likeness (QED) is 0.117. The lowest BCUT2D eigenvalue weighted by atomic mass is 9.98. The van der Waals surface area contributed by atoms with E-state index in [4.69, 9.17) is 17.1 Å². The van der Waals surface area contributed by atoms with E-state index in [1.165, 1.54) is 6.07 Å². The third-order valence-corrected chi connectivity index (χ3v) is 3.37. The number of halogens is 5. The molecule has 0 aromatic heterocycles. The van der Waals surface area contributed by atoms with Crippen LogP contribution >= 0.6 is 0 Å². The Bertz CT molecular complexity index is 925. The minimum atomic E-state index is -4.79. The van der Waals surface area contributed by atoms with E-state index in [-0.39, 0.29) is 16.8 Å². The number of nitrogens with two attached hydrogens (primary N) is 2. The molecule has 0 saturated heterocycles. The van der Waals surface area contributed by atoms with Gasteiger partial charge < -0.3 is 11.2 Å². The summed E-state index contributed by atoms with van der Waals surface area (Å²) in [5, 5.41) is 11.4. The van der Waals surface area contributed by atoms with E-state index in [0.29, 0.717) is 6.07 Å². The molecule has 1 atom stereocenters. The molecule has 0 saturated carbocycles. The monoisotopic (exact) mass is 400 g/mol. The minimum absolute atomic E-state index is 0.0797. The van der Waals surface area contributed by atoms with Crippen molar-refractivity contribution in [3.05, 3.63) is 53.6 Å². The van der Waals surface area contributed by atoms with Crippen LogP contribution in [-0.4, -0.2) is 12.2 Å². The van der Waals surface area contributed by atoms with Gasteiger partial charge >= 0.3 is 6.18 Å². The number of nitrogens with zero attached hydrogens (tertiary/aromatic N) is 4. The van der Waals surface area contributed by atoms with Gasteiger partial charge in [0.1, 0.15) is 0 Å². The number of anilines is 1. The van der Waals surface area contributed by atoms with E-state index >= 15 is 0 Å². The summed E-state index contributed by atoms with van der Waals surface area (Å²) in [7, 11) is 0. The second kappa shape index (κ2) is 8.47. The molecule has 28 heavy (non-hydrogen) atoms. The summed E-state index contributed by atoms with van der Waals surface area (Å²) in [6.45, 7) is 0. The largest absolute Gasteiger partial charge is 0.417 e. The number of hydrogen-bond donors (Lipinski definition) is 4. The SMILES string of the molecule is N=NC(N=NN)=NC(N)Nc1ccc(-c2ccc(F)c(F)c2)c(C(F)(F)F)c1. The number of aliphatic imine (C=N–C) groups is 1. The Labute approximate surface area is 154 Å². The van der Waals surface area contributed by atoms with Crippen molar-refractivity contribution in [1.29, 1.82) is 5.53 Å². The molecule has 0 aliphatic carbocycles. The first-order valence-corrected chi connectivity index (χ1v) is 7.40. The normalized spacial score (nSPS) is 13.6. The first-order chi connectivity index (χ1) is 13.2. The summed E-state index contributed by atoms with van der Waals surface area (Å²) in [6, 6.07) is 5.48. The summed E-state index contributed by atoms with van der Waals surface area (Å²) in [4.78, 5) is 3.59. The van der Waals surface area contributed by atoms with Gasteiger partial charge in [0.25, 0.3) is 5.96 Å². The molecule has 0 radical (unpaired) electrons. The standard InChI is InChI=1S/C15H13F5N8/c16-11-4-1-7(5-12(11)17)9-3-2-8(6-10(9)15(18,19)20)24-13(21)25-14(26-22)27-28-23/h1-6,13,22,24H,21H2,(H2,23,25,27). The van der Waals surface area contributed by atoms with E-state index in [1.807, 2.05) is 0 Å². The van der Waals surface area contributed by atoms with Crippen molar-refractivity contribution in [1.82, 2.24) is 0 Å². The summed E-state index contributed by atoms with van der Waals surface area (Å²) in [6.07, 6.45) is -6.11. The average molecular weight is 400 g/mol. The summed E-state index contributed by atoms with van der Waals surface area (Å²) in [5.74, 6) is 1.84. The maximum Gasteiger partial charge on any atom is 0.417 e. The van der Waals surface area contributed by atoms with Gasteiger partial charge in [-0.15, -0.1) is 5.11 Å². The lowest BCUT2D eigenvalue weighted by molar-refractivity contribution is -0.137. The van der Waals surface area contributed by atoms with Crippen LogP contribution in [0.5, 0.6) is 0 Å². The fourth-order valence-corrected chi connectivity index (χ4v) is 2.24. The van der Waals surface area contributed by atoms with Gasteiger partial charge in [-0.3, -0.25) is 5.73 Å². The number of benzene rings is 2. The van der Waals surface area contributed by atoms with Crippen LogP contribution in [0.3, 0.4) is 0 Å². The Kier molecular flexibility index (Phi) is 6.30. The molecule has 0 aliphatic heterocycles. The Balaban J connectivity index is 2.42. The smallest absolute Gasteiger partial charge is 0.352 e. The molecule has 13 heteroatoms. The van der Waals surface area contributed by atoms with Crippen LogP contribution in [0.1, 0.15) is 5.56 Å². The van der Waals surface area contributed by atoms with Crippen molar-refractivity contribution in [2.24, 2.45) is 32.0 Å². The van der Waals surface area contributed by atoms with Crippen LogP contribution < -0.4 is 16.9 Å². The number of guanidine groups is 1. The molecular weight excluding hydrogens is 387 g/mol. The zero-order valence-electron chi connectivity index (χ0n) is 13.9. The van der Waals surface area contributed by atoms with Crippen LogP contribution in [0.2, 0.25) is 0 Å². The predicted octanol–water partition coefficient (Wildman–Crippen LogP) is 4.02. The maximum atomic E-state index is 13.5. The van der Waals surface area contributed by atoms with Gasteiger partial charge in [-0.05, 0) is 35.4 Å². The van der Waals surface area contributed by atoms with E-state index in [1.54, 1.807) is 0 Å². The van der Waals surface area contributed by atoms with Gasteiger partial charge in [0.2, 0.25) is 0 Å². The van der Waals surface area contributed by atoms with Crippen LogP contribution in [0, 0.1) is 17.2 Å². The highest BCUT2D eigenvalue weighted by Crippen LogP contribution is 2.39. The van der Waals surface area contributed by atoms with E-state index < -0.39 is 35.6 Å². The average Bonchev–Trinajstić information content (AvgIpc) is 2.63. The topological polar surface area (TPSA) is 137 Å². The number of hydrogen-bond acceptors (Lipinski definition) is 5. The fraction of sp³-hybridized carbons (Fsp3) is 0.133. The van der Waals surface area contributed by atoms with Crippen molar-refractivity contribution in [2.75, 3.05) is 5.32 Å². The lowest BCUT2D eigenvalue weighted by Crippen LogP contribution is -2.28. The molecule has 0 fully saturated rings. The number of nitrogens with one attached hydrogen (secondary N) is 2. The molecule has 1 unspecified atom stereocenters. The highest BCUT2D eigenvalue weighted by molar-refractivity contribution is 5.80. The molecular formula is C15H13F5N8. The first kappa shape index (κ1) is 20.8. The van der Waals surface area contributed by atoms with Crippen molar-refractivity contribution in [3.8, 4) is 11.1 Å². The Morgan fingerprint density at radius 1 is 1.07 bits per heavy atom. The van der Waals surface area contributed by atoms with Crippen molar-refractivity contribution >= 4 is 11.6 Å². The molecule has 8 nitrogen and oxygen atoms in total. The first-order valence-electron chi connectivity index (χ1n) is 7.40. The Morgan fingerprint density at radius 2 is 1.79 bits per heavy atom. The van der Waals surface area contributed by atoms with E-state index in [0.717, 1.165) is 24.3 Å². The number of alkyl halides is 3. The second-order valence-electron chi connectivity index (χ2n) is 5.23. The van der Waals surface area contributed by atoms with Gasteiger partial charge in [-0.25, -0.2) is 19.3 Å². The second-order valence-corrected chi connectivity index (χ2v) is 5.23. The molecule has 6 N–H and O–H groups in total. The molecule has 0 amide bonds. The van der Waals surface area contributed by atoms with Gasteiger partial charge in [0.15, 0.2) is 17.9 Å². The van der Waals surface area contributed by atoms with Crippen molar-refractivity contribution in [3.63, 3.8) is 0 Å². The maximum absolute atomic E-state index is 13.5. The highest BCUT2D eigenvalue weighted by atomic mass is 19.4. The van der Waals surface area contributed by atoms with Crippen LogP contribution in [0.15, 0.2) is 56.8 Å². The number of rotatable bonds is 4. The Morgan fingerprint density at radius 3 is 2.36 bits per heavy atom. The third-order valence-electron chi connectivity index (χ3n) is 3.37. The van der Waals surface area contributed by atoms with Crippen molar-refractivity contribution < 1.29 is 22.0 Å². The molecule has 2 aromatic rings. The van der Waals surface area contributed by atoms with Crippen molar-refractivity contribution in [2.45, 2.75) is 12.5 Å². The summed E-state index contributed by atoms with van der Waals surface area (Å²) >= 11 is 0. The molecule has 0 spiro atoms. The summed E-state index contributed by atoms with van der Waals surface area (Å²) in [5.41, 5.74) is 10.7. The molecule has 2 aromatic carbocycles. The van der Waals surface area contributed by atoms with Crippen LogP contribution in [0.25, 0.3) is 11.1 Å².